The van der Waals surface area contributed by atoms with E-state index in [1.165, 1.54) is 48.1 Å². The molecule has 0 radical (unpaired) electrons. The molecule has 0 aromatic carbocycles. The Hall–Kier alpha value is -0.610. The van der Waals surface area contributed by atoms with Crippen molar-refractivity contribution in [1.82, 2.24) is 10.3 Å². The van der Waals surface area contributed by atoms with Crippen LogP contribution in [0, 0.1) is 11.8 Å². The zero-order valence-electron chi connectivity index (χ0n) is 13.9. The second kappa shape index (κ2) is 6.25. The fourth-order valence-corrected chi connectivity index (χ4v) is 4.15. The lowest BCUT2D eigenvalue weighted by molar-refractivity contribution is 0.494. The molecule has 3 rings (SSSR count). The van der Waals surface area contributed by atoms with Crippen molar-refractivity contribution in [1.29, 1.82) is 0 Å². The fourth-order valence-electron chi connectivity index (χ4n) is 3.00. The quantitative estimate of drug-likeness (QED) is 0.861. The minimum absolute atomic E-state index is 0.573. The molecule has 0 amide bonds. The molecule has 2 fully saturated rings. The Bertz CT molecular complexity index is 470. The maximum atomic E-state index is 5.03. The minimum Gasteiger partial charge on any atom is -0.348 e. The highest BCUT2D eigenvalue weighted by molar-refractivity contribution is 7.15. The highest BCUT2D eigenvalue weighted by Gasteiger charge is 2.29. The normalized spacial score (nSPS) is 27.3. The van der Waals surface area contributed by atoms with Crippen LogP contribution in [-0.4, -0.2) is 24.1 Å². The van der Waals surface area contributed by atoms with E-state index in [9.17, 15) is 0 Å². The van der Waals surface area contributed by atoms with Gasteiger partial charge >= 0.3 is 0 Å². The van der Waals surface area contributed by atoms with Crippen LogP contribution in [0.5, 0.6) is 0 Å². The highest BCUT2D eigenvalue weighted by Crippen LogP contribution is 2.36. The van der Waals surface area contributed by atoms with Crippen molar-refractivity contribution < 1.29 is 0 Å². The van der Waals surface area contributed by atoms with Gasteiger partial charge in [-0.25, -0.2) is 4.98 Å². The molecule has 1 saturated heterocycles. The predicted octanol–water partition coefficient (Wildman–Crippen LogP) is 4.00. The number of anilines is 1. The third-order valence-electron chi connectivity index (χ3n) is 5.18. The summed E-state index contributed by atoms with van der Waals surface area (Å²) in [6.45, 7) is 12.7. The molecule has 21 heavy (non-hydrogen) atoms. The molecule has 1 aromatic rings. The number of thiazole rings is 1. The molecule has 3 atom stereocenters. The van der Waals surface area contributed by atoms with Crippen LogP contribution in [-0.2, 0) is 6.54 Å². The molecule has 0 bridgehead atoms. The van der Waals surface area contributed by atoms with Crippen LogP contribution < -0.4 is 10.2 Å². The third kappa shape index (κ3) is 3.42. The first-order valence-electron chi connectivity index (χ1n) is 8.56. The Kier molecular flexibility index (Phi) is 4.55. The summed E-state index contributed by atoms with van der Waals surface area (Å²) in [6.07, 6.45) is 3.88. The van der Waals surface area contributed by atoms with Gasteiger partial charge in [0, 0.05) is 30.6 Å². The second-order valence-corrected chi connectivity index (χ2v) is 8.19. The number of nitrogens with one attached hydrogen (secondary N) is 1. The summed E-state index contributed by atoms with van der Waals surface area (Å²) in [4.78, 5) is 9.01. The van der Waals surface area contributed by atoms with Crippen molar-refractivity contribution in [2.24, 2.45) is 11.8 Å². The van der Waals surface area contributed by atoms with Crippen LogP contribution in [0.2, 0.25) is 0 Å². The second-order valence-electron chi connectivity index (χ2n) is 7.13. The number of hydrogen-bond acceptors (Lipinski definition) is 4. The SMILES string of the molecule is CCC(C)c1nc(N2CC(C)C(C)C2)sc1CNC1CC1. The van der Waals surface area contributed by atoms with Crippen molar-refractivity contribution in [3.05, 3.63) is 10.6 Å². The standard InChI is InChI=1S/C17H29N3S/c1-5-11(2)16-15(8-18-14-6-7-14)21-17(19-16)20-9-12(3)13(4)10-20/h11-14,18H,5-10H2,1-4H3. The van der Waals surface area contributed by atoms with Crippen molar-refractivity contribution in [3.63, 3.8) is 0 Å². The molecule has 1 saturated carbocycles. The molecule has 1 N–H and O–H groups in total. The van der Waals surface area contributed by atoms with Gasteiger partial charge in [-0.1, -0.05) is 27.7 Å². The van der Waals surface area contributed by atoms with Gasteiger partial charge in [0.25, 0.3) is 0 Å². The monoisotopic (exact) mass is 307 g/mol. The van der Waals surface area contributed by atoms with Crippen LogP contribution in [0.25, 0.3) is 0 Å². The Labute approximate surface area is 133 Å². The fraction of sp³-hybridized carbons (Fsp3) is 0.824. The van der Waals surface area contributed by atoms with Crippen molar-refractivity contribution in [3.8, 4) is 0 Å². The van der Waals surface area contributed by atoms with Gasteiger partial charge in [-0.05, 0) is 37.0 Å². The lowest BCUT2D eigenvalue weighted by atomic mass is 10.0. The van der Waals surface area contributed by atoms with E-state index in [1.807, 2.05) is 11.3 Å². The van der Waals surface area contributed by atoms with Crippen molar-refractivity contribution >= 4 is 16.5 Å². The highest BCUT2D eigenvalue weighted by atomic mass is 32.1. The molecule has 1 aliphatic heterocycles. The van der Waals surface area contributed by atoms with Crippen LogP contribution >= 0.6 is 11.3 Å². The van der Waals surface area contributed by atoms with E-state index in [4.69, 9.17) is 4.98 Å². The number of aromatic nitrogens is 1. The first kappa shape index (κ1) is 15.3. The lowest BCUT2D eigenvalue weighted by Gasteiger charge is -2.13. The average Bonchev–Trinajstić information content (AvgIpc) is 3.11. The van der Waals surface area contributed by atoms with Crippen molar-refractivity contribution in [2.45, 2.75) is 65.5 Å². The van der Waals surface area contributed by atoms with Crippen LogP contribution in [0.4, 0.5) is 5.13 Å². The molecular weight excluding hydrogens is 278 g/mol. The first-order chi connectivity index (χ1) is 10.1. The summed E-state index contributed by atoms with van der Waals surface area (Å²) >= 11 is 1.93. The maximum Gasteiger partial charge on any atom is 0.185 e. The van der Waals surface area contributed by atoms with E-state index in [1.54, 1.807) is 0 Å². The Morgan fingerprint density at radius 2 is 1.95 bits per heavy atom. The van der Waals surface area contributed by atoms with Gasteiger partial charge in [0.05, 0.1) is 5.69 Å². The first-order valence-corrected chi connectivity index (χ1v) is 9.38. The minimum atomic E-state index is 0.573. The topological polar surface area (TPSA) is 28.2 Å². The predicted molar refractivity (Wildman–Crippen MR) is 91.2 cm³/mol. The van der Waals surface area contributed by atoms with E-state index in [2.05, 4.69) is 37.9 Å². The summed E-state index contributed by atoms with van der Waals surface area (Å²) < 4.78 is 0. The largest absolute Gasteiger partial charge is 0.348 e. The van der Waals surface area contributed by atoms with E-state index >= 15 is 0 Å². The molecule has 1 aromatic heterocycles. The smallest absolute Gasteiger partial charge is 0.185 e. The molecule has 3 nitrogen and oxygen atoms in total. The number of hydrogen-bond donors (Lipinski definition) is 1. The van der Waals surface area contributed by atoms with Gasteiger partial charge in [-0.3, -0.25) is 0 Å². The molecule has 2 aliphatic rings. The summed E-state index contributed by atoms with van der Waals surface area (Å²) in [5.74, 6) is 2.14. The molecule has 3 unspecified atom stereocenters. The number of nitrogens with zero attached hydrogens (tertiary/aromatic N) is 2. The summed E-state index contributed by atoms with van der Waals surface area (Å²) in [5.41, 5.74) is 1.35. The Morgan fingerprint density at radius 1 is 1.29 bits per heavy atom. The van der Waals surface area contributed by atoms with E-state index in [0.29, 0.717) is 5.92 Å². The van der Waals surface area contributed by atoms with Crippen molar-refractivity contribution in [2.75, 3.05) is 18.0 Å². The number of rotatable bonds is 6. The zero-order chi connectivity index (χ0) is 15.0. The zero-order valence-corrected chi connectivity index (χ0v) is 14.7. The van der Waals surface area contributed by atoms with Gasteiger partial charge in [0.15, 0.2) is 5.13 Å². The van der Waals surface area contributed by atoms with Gasteiger partial charge in [-0.2, -0.15) is 0 Å². The maximum absolute atomic E-state index is 5.03. The average molecular weight is 308 g/mol. The van der Waals surface area contributed by atoms with E-state index in [-0.39, 0.29) is 0 Å². The summed E-state index contributed by atoms with van der Waals surface area (Å²) in [7, 11) is 0. The molecule has 118 valence electrons. The van der Waals surface area contributed by atoms with Crippen LogP contribution in [0.1, 0.15) is 63.4 Å². The van der Waals surface area contributed by atoms with Gasteiger partial charge in [0.2, 0.25) is 0 Å². The molecular formula is C17H29N3S. The summed E-state index contributed by atoms with van der Waals surface area (Å²) in [6, 6.07) is 0.771. The Balaban J connectivity index is 1.77. The van der Waals surface area contributed by atoms with Crippen LogP contribution in [0.15, 0.2) is 0 Å². The van der Waals surface area contributed by atoms with E-state index < -0.39 is 0 Å². The molecule has 0 spiro atoms. The molecule has 1 aliphatic carbocycles. The van der Waals surface area contributed by atoms with Gasteiger partial charge < -0.3 is 10.2 Å². The van der Waals surface area contributed by atoms with Gasteiger partial charge in [0.1, 0.15) is 0 Å². The van der Waals surface area contributed by atoms with Gasteiger partial charge in [-0.15, -0.1) is 11.3 Å². The molecule has 4 heteroatoms. The van der Waals surface area contributed by atoms with Crippen LogP contribution in [0.3, 0.4) is 0 Å². The van der Waals surface area contributed by atoms with E-state index in [0.717, 1.165) is 24.4 Å². The Morgan fingerprint density at radius 3 is 2.52 bits per heavy atom. The third-order valence-corrected chi connectivity index (χ3v) is 6.31. The lowest BCUT2D eigenvalue weighted by Crippen LogP contribution is -2.19. The molecule has 2 heterocycles. The summed E-state index contributed by atoms with van der Waals surface area (Å²) in [5, 5.41) is 4.92.